The Balaban J connectivity index is 1.85. The number of hydrogen-bond donors (Lipinski definition) is 1. The van der Waals surface area contributed by atoms with E-state index in [-0.39, 0.29) is 0 Å². The Kier molecular flexibility index (Phi) is 4.24. The largest absolute Gasteiger partial charge is 0.493 e. The lowest BCUT2D eigenvalue weighted by atomic mass is 9.83. The molecule has 0 unspecified atom stereocenters. The molecule has 3 nitrogen and oxygen atoms in total. The molecule has 1 aromatic rings. The van der Waals surface area contributed by atoms with E-state index in [0.29, 0.717) is 0 Å². The zero-order valence-electron chi connectivity index (χ0n) is 10.8. The number of nitrogens with zero attached hydrogens (tertiary/aromatic N) is 1. The van der Waals surface area contributed by atoms with Crippen molar-refractivity contribution in [2.45, 2.75) is 32.6 Å². The predicted octanol–water partition coefficient (Wildman–Crippen LogP) is 3.33. The molecular weight excluding hydrogens is 212 g/mol. The maximum atomic E-state index is 5.28. The third kappa shape index (κ3) is 3.35. The van der Waals surface area contributed by atoms with Crippen molar-refractivity contribution >= 4 is 5.82 Å². The van der Waals surface area contributed by atoms with Crippen LogP contribution in [0.25, 0.3) is 0 Å². The molecule has 3 heteroatoms. The van der Waals surface area contributed by atoms with Gasteiger partial charge in [-0.25, -0.2) is 4.98 Å². The molecule has 1 aliphatic rings. The molecule has 1 aliphatic carbocycles. The van der Waals surface area contributed by atoms with Gasteiger partial charge in [0, 0.05) is 12.7 Å². The van der Waals surface area contributed by atoms with Crippen molar-refractivity contribution in [3.05, 3.63) is 18.3 Å². The lowest BCUT2D eigenvalue weighted by Crippen LogP contribution is -2.20. The van der Waals surface area contributed by atoms with E-state index >= 15 is 0 Å². The maximum Gasteiger partial charge on any atom is 0.168 e. The highest BCUT2D eigenvalue weighted by atomic mass is 16.5. The van der Waals surface area contributed by atoms with Gasteiger partial charge >= 0.3 is 0 Å². The number of anilines is 1. The van der Waals surface area contributed by atoms with E-state index in [2.05, 4.69) is 17.2 Å². The molecule has 2 rings (SSSR count). The van der Waals surface area contributed by atoms with Gasteiger partial charge in [-0.15, -0.1) is 0 Å². The molecule has 0 amide bonds. The number of hydrogen-bond acceptors (Lipinski definition) is 3. The van der Waals surface area contributed by atoms with Gasteiger partial charge in [0.15, 0.2) is 11.6 Å². The Hall–Kier alpha value is -1.25. The van der Waals surface area contributed by atoms with Crippen molar-refractivity contribution in [2.24, 2.45) is 11.8 Å². The summed E-state index contributed by atoms with van der Waals surface area (Å²) < 4.78 is 5.28. The second kappa shape index (κ2) is 5.89. The lowest BCUT2D eigenvalue weighted by molar-refractivity contribution is 0.300. The molecule has 0 saturated heterocycles. The van der Waals surface area contributed by atoms with Crippen molar-refractivity contribution < 1.29 is 4.74 Å². The Morgan fingerprint density at radius 3 is 2.82 bits per heavy atom. The Morgan fingerprint density at radius 2 is 2.12 bits per heavy atom. The van der Waals surface area contributed by atoms with E-state index in [1.165, 1.54) is 25.7 Å². The summed E-state index contributed by atoms with van der Waals surface area (Å²) in [6.45, 7) is 3.37. The predicted molar refractivity (Wildman–Crippen MR) is 70.4 cm³/mol. The summed E-state index contributed by atoms with van der Waals surface area (Å²) in [4.78, 5) is 4.31. The molecule has 1 saturated carbocycles. The molecule has 0 bridgehead atoms. The third-order valence-electron chi connectivity index (χ3n) is 3.68. The standard InChI is InChI=1S/C14H22N2O/c1-11-5-7-12(8-6-11)10-16-14-13(17-2)4-3-9-15-14/h3-4,9,11-12H,5-8,10H2,1-2H3,(H,15,16). The van der Waals surface area contributed by atoms with Crippen LogP contribution in [0.4, 0.5) is 5.82 Å². The number of nitrogens with one attached hydrogen (secondary N) is 1. The fourth-order valence-corrected chi connectivity index (χ4v) is 2.46. The van der Waals surface area contributed by atoms with Crippen LogP contribution in [-0.4, -0.2) is 18.6 Å². The van der Waals surface area contributed by atoms with Crippen molar-refractivity contribution in [1.82, 2.24) is 4.98 Å². The summed E-state index contributed by atoms with van der Waals surface area (Å²) in [5, 5.41) is 3.41. The number of aromatic nitrogens is 1. The third-order valence-corrected chi connectivity index (χ3v) is 3.68. The molecule has 0 atom stereocenters. The van der Waals surface area contributed by atoms with E-state index in [4.69, 9.17) is 4.74 Å². The topological polar surface area (TPSA) is 34.1 Å². The van der Waals surface area contributed by atoms with Gasteiger partial charge in [-0.1, -0.05) is 19.8 Å². The zero-order chi connectivity index (χ0) is 12.1. The summed E-state index contributed by atoms with van der Waals surface area (Å²) in [6, 6.07) is 3.84. The van der Waals surface area contributed by atoms with E-state index in [0.717, 1.165) is 29.9 Å². The highest BCUT2D eigenvalue weighted by molar-refractivity contribution is 5.49. The Morgan fingerprint density at radius 1 is 1.35 bits per heavy atom. The van der Waals surface area contributed by atoms with Gasteiger partial charge in [-0.3, -0.25) is 0 Å². The minimum absolute atomic E-state index is 0.790. The highest BCUT2D eigenvalue weighted by Crippen LogP contribution is 2.29. The van der Waals surface area contributed by atoms with Gasteiger partial charge < -0.3 is 10.1 Å². The van der Waals surface area contributed by atoms with Crippen molar-refractivity contribution in [3.63, 3.8) is 0 Å². The molecule has 1 N–H and O–H groups in total. The molecule has 17 heavy (non-hydrogen) atoms. The van der Waals surface area contributed by atoms with Gasteiger partial charge in [0.25, 0.3) is 0 Å². The number of rotatable bonds is 4. The van der Waals surface area contributed by atoms with Crippen LogP contribution in [0.3, 0.4) is 0 Å². The lowest BCUT2D eigenvalue weighted by Gasteiger charge is -2.26. The Labute approximate surface area is 104 Å². The van der Waals surface area contributed by atoms with Crippen LogP contribution in [-0.2, 0) is 0 Å². The zero-order valence-corrected chi connectivity index (χ0v) is 10.8. The maximum absolute atomic E-state index is 5.28. The molecule has 0 radical (unpaired) electrons. The van der Waals surface area contributed by atoms with Crippen LogP contribution in [0.5, 0.6) is 5.75 Å². The first-order chi connectivity index (χ1) is 8.29. The van der Waals surface area contributed by atoms with Crippen LogP contribution in [0.1, 0.15) is 32.6 Å². The summed E-state index contributed by atoms with van der Waals surface area (Å²) in [7, 11) is 1.69. The highest BCUT2D eigenvalue weighted by Gasteiger charge is 2.18. The van der Waals surface area contributed by atoms with E-state index in [1.54, 1.807) is 13.3 Å². The number of methoxy groups -OCH3 is 1. The minimum atomic E-state index is 0.790. The van der Waals surface area contributed by atoms with Gasteiger partial charge in [-0.05, 0) is 36.8 Å². The number of pyridine rings is 1. The summed E-state index contributed by atoms with van der Waals surface area (Å²) in [5.74, 6) is 3.40. The van der Waals surface area contributed by atoms with E-state index in [9.17, 15) is 0 Å². The summed E-state index contributed by atoms with van der Waals surface area (Å²) in [5.41, 5.74) is 0. The minimum Gasteiger partial charge on any atom is -0.493 e. The van der Waals surface area contributed by atoms with Crippen LogP contribution >= 0.6 is 0 Å². The molecule has 1 aromatic heterocycles. The second-order valence-electron chi connectivity index (χ2n) is 5.06. The van der Waals surface area contributed by atoms with Gasteiger partial charge in [0.1, 0.15) is 0 Å². The normalized spacial score (nSPS) is 24.4. The molecule has 0 aromatic carbocycles. The van der Waals surface area contributed by atoms with E-state index < -0.39 is 0 Å². The molecule has 0 aliphatic heterocycles. The van der Waals surface area contributed by atoms with Gasteiger partial charge in [-0.2, -0.15) is 0 Å². The summed E-state index contributed by atoms with van der Waals surface area (Å²) >= 11 is 0. The molecule has 1 heterocycles. The van der Waals surface area contributed by atoms with Crippen LogP contribution in [0.15, 0.2) is 18.3 Å². The monoisotopic (exact) mass is 234 g/mol. The number of ether oxygens (including phenoxy) is 1. The SMILES string of the molecule is COc1cccnc1NCC1CCC(C)CC1. The van der Waals surface area contributed by atoms with Gasteiger partial charge in [0.05, 0.1) is 7.11 Å². The van der Waals surface area contributed by atoms with Crippen molar-refractivity contribution in [2.75, 3.05) is 19.0 Å². The van der Waals surface area contributed by atoms with Gasteiger partial charge in [0.2, 0.25) is 0 Å². The first kappa shape index (κ1) is 12.2. The van der Waals surface area contributed by atoms with Crippen molar-refractivity contribution in [1.29, 1.82) is 0 Å². The smallest absolute Gasteiger partial charge is 0.168 e. The first-order valence-corrected chi connectivity index (χ1v) is 6.52. The van der Waals surface area contributed by atoms with Crippen LogP contribution < -0.4 is 10.1 Å². The average Bonchev–Trinajstić information content (AvgIpc) is 2.38. The molecule has 1 fully saturated rings. The fourth-order valence-electron chi connectivity index (χ4n) is 2.46. The van der Waals surface area contributed by atoms with Crippen LogP contribution in [0, 0.1) is 11.8 Å². The Bertz CT molecular complexity index is 346. The quantitative estimate of drug-likeness (QED) is 0.867. The fraction of sp³-hybridized carbons (Fsp3) is 0.643. The average molecular weight is 234 g/mol. The molecular formula is C14H22N2O. The molecule has 0 spiro atoms. The van der Waals surface area contributed by atoms with Crippen LogP contribution in [0.2, 0.25) is 0 Å². The molecule has 94 valence electrons. The van der Waals surface area contributed by atoms with Crippen molar-refractivity contribution in [3.8, 4) is 5.75 Å². The first-order valence-electron chi connectivity index (χ1n) is 6.52. The second-order valence-corrected chi connectivity index (χ2v) is 5.06. The van der Waals surface area contributed by atoms with E-state index in [1.807, 2.05) is 12.1 Å². The summed E-state index contributed by atoms with van der Waals surface area (Å²) in [6.07, 6.45) is 7.21.